The van der Waals surface area contributed by atoms with Gasteiger partial charge in [0.15, 0.2) is 5.69 Å². The number of ether oxygens (including phenoxy) is 1. The number of azo groups is 1. The average Bonchev–Trinajstić information content (AvgIpc) is 2.89. The number of benzene rings is 2. The lowest BCUT2D eigenvalue weighted by Gasteiger charge is -2.04. The first-order valence-electron chi connectivity index (χ1n) is 7.66. The molecule has 25 heavy (non-hydrogen) atoms. The molecule has 0 radical (unpaired) electrons. The summed E-state index contributed by atoms with van der Waals surface area (Å²) in [7, 11) is 1.61. The van der Waals surface area contributed by atoms with Crippen LogP contribution in [-0.4, -0.2) is 22.3 Å². The third-order valence-electron chi connectivity index (χ3n) is 3.78. The first-order chi connectivity index (χ1) is 12.0. The molecule has 3 aromatic rings. The number of aromatic hydroxyl groups is 1. The van der Waals surface area contributed by atoms with Crippen LogP contribution in [-0.2, 0) is 0 Å². The van der Waals surface area contributed by atoms with E-state index in [-0.39, 0.29) is 11.0 Å². The Labute approximate surface area is 150 Å². The number of aromatic amines is 1. The first-order valence-corrected chi connectivity index (χ1v) is 8.07. The number of H-pyrrole nitrogens is 1. The Kier molecular flexibility index (Phi) is 4.67. The molecule has 0 atom stereocenters. The molecule has 0 amide bonds. The van der Waals surface area contributed by atoms with E-state index in [4.69, 9.17) is 17.0 Å². The Bertz CT molecular complexity index is 961. The molecule has 6 nitrogen and oxygen atoms in total. The predicted molar refractivity (Wildman–Crippen MR) is 103 cm³/mol. The smallest absolute Gasteiger partial charge is 0.218 e. The van der Waals surface area contributed by atoms with Crippen LogP contribution >= 0.6 is 12.2 Å². The van der Waals surface area contributed by atoms with Gasteiger partial charge in [0.1, 0.15) is 5.75 Å². The van der Waals surface area contributed by atoms with Gasteiger partial charge in [-0.3, -0.25) is 0 Å². The molecule has 0 aliphatic rings. The highest BCUT2D eigenvalue weighted by Crippen LogP contribution is 2.37. The minimum absolute atomic E-state index is 0.0281. The molecule has 1 aromatic heterocycles. The van der Waals surface area contributed by atoms with Gasteiger partial charge in [0.25, 0.3) is 0 Å². The number of aryl methyl sites for hydroxylation is 2. The maximum Gasteiger partial charge on any atom is 0.218 e. The van der Waals surface area contributed by atoms with Gasteiger partial charge in [-0.05, 0) is 62.0 Å². The average molecular weight is 354 g/mol. The normalized spacial score (nSPS) is 11.2. The topological polar surface area (TPSA) is 82.0 Å². The van der Waals surface area contributed by atoms with E-state index in [1.165, 1.54) is 0 Å². The van der Waals surface area contributed by atoms with Gasteiger partial charge in [0, 0.05) is 11.1 Å². The summed E-state index contributed by atoms with van der Waals surface area (Å²) in [5.41, 5.74) is 4.11. The highest BCUT2D eigenvalue weighted by atomic mass is 32.1. The van der Waals surface area contributed by atoms with Gasteiger partial charge in [-0.1, -0.05) is 11.6 Å². The van der Waals surface area contributed by atoms with Crippen LogP contribution in [0.25, 0.3) is 10.9 Å². The first kappa shape index (κ1) is 16.9. The molecule has 3 N–H and O–H groups in total. The number of thiocarbonyl (C=S) groups is 1. The second-order valence-corrected chi connectivity index (χ2v) is 6.07. The molecule has 0 aliphatic carbocycles. The standard InChI is InChI=1S/C18H18N4O2S/c1-10-8-11(2)15-14(9-10)16(17(23)20-15)21-22-18(25)19-12-4-6-13(24-3)7-5-12/h4-9,20,23H,1-3H3,(H,19,25). The molecular weight excluding hydrogens is 336 g/mol. The Balaban J connectivity index is 1.82. The van der Waals surface area contributed by atoms with Gasteiger partial charge >= 0.3 is 0 Å². The number of hydrogen-bond donors (Lipinski definition) is 3. The molecule has 0 bridgehead atoms. The molecule has 0 saturated carbocycles. The lowest BCUT2D eigenvalue weighted by atomic mass is 10.1. The Morgan fingerprint density at radius 1 is 1.20 bits per heavy atom. The zero-order valence-electron chi connectivity index (χ0n) is 14.1. The van der Waals surface area contributed by atoms with Crippen molar-refractivity contribution in [2.45, 2.75) is 13.8 Å². The van der Waals surface area contributed by atoms with Crippen LogP contribution in [0, 0.1) is 13.8 Å². The number of nitrogens with zero attached hydrogens (tertiary/aromatic N) is 2. The number of fused-ring (bicyclic) bond motifs is 1. The van der Waals surface area contributed by atoms with Crippen molar-refractivity contribution in [1.29, 1.82) is 0 Å². The van der Waals surface area contributed by atoms with Gasteiger partial charge in [-0.2, -0.15) is 0 Å². The van der Waals surface area contributed by atoms with E-state index in [9.17, 15) is 5.11 Å². The van der Waals surface area contributed by atoms with E-state index >= 15 is 0 Å². The van der Waals surface area contributed by atoms with Crippen molar-refractivity contribution >= 4 is 39.6 Å². The van der Waals surface area contributed by atoms with Crippen molar-refractivity contribution in [3.8, 4) is 11.6 Å². The summed E-state index contributed by atoms with van der Waals surface area (Å²) in [6.45, 7) is 3.97. The minimum atomic E-state index is -0.0281. The van der Waals surface area contributed by atoms with Crippen molar-refractivity contribution in [3.63, 3.8) is 0 Å². The third-order valence-corrected chi connectivity index (χ3v) is 3.97. The maximum atomic E-state index is 10.1. The molecule has 0 aliphatic heterocycles. The van der Waals surface area contributed by atoms with Crippen LogP contribution < -0.4 is 10.1 Å². The zero-order valence-corrected chi connectivity index (χ0v) is 14.9. The van der Waals surface area contributed by atoms with E-state index in [0.29, 0.717) is 5.69 Å². The number of hydrogen-bond acceptors (Lipinski definition) is 4. The van der Waals surface area contributed by atoms with Crippen LogP contribution in [0.5, 0.6) is 11.6 Å². The van der Waals surface area contributed by atoms with Gasteiger partial charge in [0.05, 0.1) is 12.6 Å². The number of aromatic nitrogens is 1. The number of anilines is 1. The van der Waals surface area contributed by atoms with Gasteiger partial charge in [-0.15, -0.1) is 10.2 Å². The molecule has 0 saturated heterocycles. The predicted octanol–water partition coefficient (Wildman–Crippen LogP) is 4.98. The number of nitrogens with one attached hydrogen (secondary N) is 2. The molecule has 0 fully saturated rings. The summed E-state index contributed by atoms with van der Waals surface area (Å²) in [5, 5.41) is 22.2. The summed E-state index contributed by atoms with van der Waals surface area (Å²) in [6.07, 6.45) is 0. The lowest BCUT2D eigenvalue weighted by Crippen LogP contribution is -2.04. The summed E-state index contributed by atoms with van der Waals surface area (Å²) >= 11 is 5.19. The molecule has 1 heterocycles. The van der Waals surface area contributed by atoms with E-state index in [1.807, 2.05) is 50.2 Å². The Morgan fingerprint density at radius 3 is 2.60 bits per heavy atom. The molecule has 0 spiro atoms. The molecule has 3 rings (SSSR count). The van der Waals surface area contributed by atoms with Crippen LogP contribution in [0.3, 0.4) is 0 Å². The fourth-order valence-electron chi connectivity index (χ4n) is 2.64. The van der Waals surface area contributed by atoms with E-state index in [0.717, 1.165) is 33.5 Å². The summed E-state index contributed by atoms with van der Waals surface area (Å²) in [6, 6.07) is 11.3. The van der Waals surface area contributed by atoms with Crippen molar-refractivity contribution in [3.05, 3.63) is 47.5 Å². The lowest BCUT2D eigenvalue weighted by molar-refractivity contribution is 0.415. The van der Waals surface area contributed by atoms with Gasteiger partial charge in [-0.25, -0.2) is 0 Å². The van der Waals surface area contributed by atoms with Crippen LogP contribution in [0.4, 0.5) is 11.4 Å². The third kappa shape index (κ3) is 3.61. The maximum absolute atomic E-state index is 10.1. The molecule has 7 heteroatoms. The largest absolute Gasteiger partial charge is 0.497 e. The number of rotatable bonds is 3. The van der Waals surface area contributed by atoms with Crippen LogP contribution in [0.2, 0.25) is 0 Å². The van der Waals surface area contributed by atoms with E-state index in [2.05, 4.69) is 20.5 Å². The Morgan fingerprint density at radius 2 is 1.92 bits per heavy atom. The number of methoxy groups -OCH3 is 1. The summed E-state index contributed by atoms with van der Waals surface area (Å²) < 4.78 is 5.11. The molecular formula is C18H18N4O2S. The molecule has 0 unspecified atom stereocenters. The minimum Gasteiger partial charge on any atom is -0.497 e. The molecule has 2 aromatic carbocycles. The SMILES string of the molecule is COc1ccc(NC(=S)N=Nc2c(O)[nH]c3c(C)cc(C)cc23)cc1. The second kappa shape index (κ2) is 6.90. The van der Waals surface area contributed by atoms with Crippen molar-refractivity contribution in [1.82, 2.24) is 4.98 Å². The monoisotopic (exact) mass is 354 g/mol. The van der Waals surface area contributed by atoms with Crippen LogP contribution in [0.15, 0.2) is 46.6 Å². The van der Waals surface area contributed by atoms with Crippen molar-refractivity contribution < 1.29 is 9.84 Å². The zero-order chi connectivity index (χ0) is 18.0. The van der Waals surface area contributed by atoms with Crippen molar-refractivity contribution in [2.24, 2.45) is 10.2 Å². The van der Waals surface area contributed by atoms with Crippen molar-refractivity contribution in [2.75, 3.05) is 12.4 Å². The quantitative estimate of drug-likeness (QED) is 0.458. The second-order valence-electron chi connectivity index (χ2n) is 5.69. The van der Waals surface area contributed by atoms with Gasteiger partial charge < -0.3 is 20.1 Å². The van der Waals surface area contributed by atoms with Gasteiger partial charge in [0.2, 0.25) is 11.0 Å². The summed E-state index contributed by atoms with van der Waals surface area (Å²) in [5.74, 6) is 0.729. The van der Waals surface area contributed by atoms with Crippen LogP contribution in [0.1, 0.15) is 11.1 Å². The molecule has 128 valence electrons. The van der Waals surface area contributed by atoms with E-state index < -0.39 is 0 Å². The highest BCUT2D eigenvalue weighted by molar-refractivity contribution is 7.80. The fraction of sp³-hybridized carbons (Fsp3) is 0.167. The highest BCUT2D eigenvalue weighted by Gasteiger charge is 2.12. The summed E-state index contributed by atoms with van der Waals surface area (Å²) in [4.78, 5) is 2.93. The van der Waals surface area contributed by atoms with E-state index in [1.54, 1.807) is 7.11 Å². The fourth-order valence-corrected chi connectivity index (χ4v) is 2.80. The Hall–Kier alpha value is -2.93.